The standard InChI is InChI=1S/C18H23N5O3/c1-12(2)14-10-22(21-20-14)11-17(24)19-13-8-18(25)23(9-13)15-6-4-5-7-16(15)26-3/h4-7,10,12-13H,8-9,11H2,1-3H3,(H,19,24). The summed E-state index contributed by atoms with van der Waals surface area (Å²) >= 11 is 0. The Kier molecular flexibility index (Phi) is 5.20. The summed E-state index contributed by atoms with van der Waals surface area (Å²) in [5.41, 5.74) is 1.56. The third-order valence-corrected chi connectivity index (χ3v) is 4.32. The van der Waals surface area contributed by atoms with Crippen molar-refractivity contribution in [3.8, 4) is 5.75 Å². The van der Waals surface area contributed by atoms with Crippen molar-refractivity contribution in [2.45, 2.75) is 38.8 Å². The summed E-state index contributed by atoms with van der Waals surface area (Å²) < 4.78 is 6.84. The van der Waals surface area contributed by atoms with Gasteiger partial charge in [-0.3, -0.25) is 9.59 Å². The highest BCUT2D eigenvalue weighted by Crippen LogP contribution is 2.30. The lowest BCUT2D eigenvalue weighted by atomic mass is 10.2. The third-order valence-electron chi connectivity index (χ3n) is 4.32. The molecule has 0 bridgehead atoms. The van der Waals surface area contributed by atoms with Crippen LogP contribution in [0.5, 0.6) is 5.75 Å². The molecule has 0 aliphatic carbocycles. The number of nitrogens with one attached hydrogen (secondary N) is 1. The van der Waals surface area contributed by atoms with Crippen LogP contribution in [0.3, 0.4) is 0 Å². The molecule has 0 saturated carbocycles. The van der Waals surface area contributed by atoms with Gasteiger partial charge in [-0.25, -0.2) is 4.68 Å². The first-order valence-electron chi connectivity index (χ1n) is 8.60. The molecule has 0 spiro atoms. The van der Waals surface area contributed by atoms with E-state index in [-0.39, 0.29) is 36.7 Å². The number of amides is 2. The summed E-state index contributed by atoms with van der Waals surface area (Å²) in [7, 11) is 1.57. The van der Waals surface area contributed by atoms with Gasteiger partial charge in [0.05, 0.1) is 24.5 Å². The Morgan fingerprint density at radius 3 is 2.85 bits per heavy atom. The van der Waals surface area contributed by atoms with Crippen LogP contribution in [0.25, 0.3) is 0 Å². The van der Waals surface area contributed by atoms with E-state index in [1.165, 1.54) is 4.68 Å². The summed E-state index contributed by atoms with van der Waals surface area (Å²) in [6, 6.07) is 7.11. The predicted molar refractivity (Wildman–Crippen MR) is 96.0 cm³/mol. The number of ether oxygens (including phenoxy) is 1. The topological polar surface area (TPSA) is 89.3 Å². The molecule has 2 heterocycles. The molecule has 138 valence electrons. The molecule has 1 fully saturated rings. The van der Waals surface area contributed by atoms with Crippen LogP contribution in [0.1, 0.15) is 31.9 Å². The fourth-order valence-corrected chi connectivity index (χ4v) is 2.97. The summed E-state index contributed by atoms with van der Waals surface area (Å²) in [6.07, 6.45) is 2.03. The first-order chi connectivity index (χ1) is 12.5. The number of hydrogen-bond acceptors (Lipinski definition) is 5. The molecule has 26 heavy (non-hydrogen) atoms. The van der Waals surface area contributed by atoms with Crippen molar-refractivity contribution in [2.24, 2.45) is 0 Å². The van der Waals surface area contributed by atoms with Gasteiger partial charge in [-0.2, -0.15) is 0 Å². The van der Waals surface area contributed by atoms with Crippen LogP contribution >= 0.6 is 0 Å². The van der Waals surface area contributed by atoms with Crippen molar-refractivity contribution >= 4 is 17.5 Å². The van der Waals surface area contributed by atoms with E-state index >= 15 is 0 Å². The quantitative estimate of drug-likeness (QED) is 0.842. The molecule has 8 heteroatoms. The lowest BCUT2D eigenvalue weighted by Crippen LogP contribution is -2.39. The minimum atomic E-state index is -0.243. The number of aromatic nitrogens is 3. The van der Waals surface area contributed by atoms with Crippen molar-refractivity contribution in [1.29, 1.82) is 0 Å². The van der Waals surface area contributed by atoms with Crippen LogP contribution in [0, 0.1) is 0 Å². The number of carbonyl (C=O) groups excluding carboxylic acids is 2. The van der Waals surface area contributed by atoms with Gasteiger partial charge < -0.3 is 15.0 Å². The van der Waals surface area contributed by atoms with E-state index in [0.29, 0.717) is 12.3 Å². The van der Waals surface area contributed by atoms with Gasteiger partial charge in [-0.1, -0.05) is 31.2 Å². The zero-order valence-corrected chi connectivity index (χ0v) is 15.2. The Hall–Kier alpha value is -2.90. The number of nitrogens with zero attached hydrogens (tertiary/aromatic N) is 4. The molecule has 1 N–H and O–H groups in total. The molecule has 1 aliphatic rings. The average Bonchev–Trinajstić information content (AvgIpc) is 3.21. The maximum Gasteiger partial charge on any atom is 0.242 e. The van der Waals surface area contributed by atoms with Gasteiger partial charge >= 0.3 is 0 Å². The SMILES string of the molecule is COc1ccccc1N1CC(NC(=O)Cn2cc(C(C)C)nn2)CC1=O. The first-order valence-corrected chi connectivity index (χ1v) is 8.60. The molecule has 3 rings (SSSR count). The lowest BCUT2D eigenvalue weighted by molar-refractivity contribution is -0.122. The molecule has 0 radical (unpaired) electrons. The van der Waals surface area contributed by atoms with Gasteiger partial charge in [0.1, 0.15) is 12.3 Å². The highest BCUT2D eigenvalue weighted by molar-refractivity contribution is 5.98. The van der Waals surface area contributed by atoms with E-state index in [2.05, 4.69) is 15.6 Å². The van der Waals surface area contributed by atoms with Crippen molar-refractivity contribution in [2.75, 3.05) is 18.6 Å². The predicted octanol–water partition coefficient (Wildman–Crippen LogP) is 1.33. The highest BCUT2D eigenvalue weighted by atomic mass is 16.5. The number of para-hydroxylation sites is 2. The molecular formula is C18H23N5O3. The Bertz CT molecular complexity index is 802. The molecule has 1 aromatic carbocycles. The Morgan fingerprint density at radius 2 is 2.15 bits per heavy atom. The van der Waals surface area contributed by atoms with Crippen LogP contribution in [0.4, 0.5) is 5.69 Å². The molecule has 1 saturated heterocycles. The fourth-order valence-electron chi connectivity index (χ4n) is 2.97. The normalized spacial score (nSPS) is 17.0. The van der Waals surface area contributed by atoms with Crippen LogP contribution < -0.4 is 15.0 Å². The molecule has 8 nitrogen and oxygen atoms in total. The van der Waals surface area contributed by atoms with Crippen LogP contribution in [-0.4, -0.2) is 46.5 Å². The number of carbonyl (C=O) groups is 2. The van der Waals surface area contributed by atoms with Gasteiger partial charge in [-0.15, -0.1) is 5.10 Å². The molecule has 1 atom stereocenters. The monoisotopic (exact) mass is 357 g/mol. The number of methoxy groups -OCH3 is 1. The number of anilines is 1. The van der Waals surface area contributed by atoms with Crippen molar-refractivity contribution < 1.29 is 14.3 Å². The van der Waals surface area contributed by atoms with E-state index in [1.54, 1.807) is 18.2 Å². The maximum atomic E-state index is 12.4. The van der Waals surface area contributed by atoms with Gasteiger partial charge in [0.15, 0.2) is 0 Å². The van der Waals surface area contributed by atoms with Crippen LogP contribution in [0.15, 0.2) is 30.5 Å². The third kappa shape index (κ3) is 3.84. The molecule has 2 aromatic rings. The van der Waals surface area contributed by atoms with E-state index in [1.807, 2.05) is 38.1 Å². The molecular weight excluding hydrogens is 334 g/mol. The highest BCUT2D eigenvalue weighted by Gasteiger charge is 2.33. The van der Waals surface area contributed by atoms with E-state index in [0.717, 1.165) is 11.4 Å². The second-order valence-electron chi connectivity index (χ2n) is 6.64. The van der Waals surface area contributed by atoms with Gasteiger partial charge in [0.25, 0.3) is 0 Å². The number of hydrogen-bond donors (Lipinski definition) is 1. The van der Waals surface area contributed by atoms with Crippen molar-refractivity contribution in [3.05, 3.63) is 36.2 Å². The van der Waals surface area contributed by atoms with E-state index in [4.69, 9.17) is 4.74 Å². The summed E-state index contributed by atoms with van der Waals surface area (Å²) in [5.74, 6) is 0.665. The van der Waals surface area contributed by atoms with Gasteiger partial charge in [0, 0.05) is 19.2 Å². The fraction of sp³-hybridized carbons (Fsp3) is 0.444. The minimum Gasteiger partial charge on any atom is -0.495 e. The minimum absolute atomic E-state index is 0.0392. The maximum absolute atomic E-state index is 12.4. The van der Waals surface area contributed by atoms with Gasteiger partial charge in [0.2, 0.25) is 11.8 Å². The molecule has 2 amide bonds. The zero-order valence-electron chi connectivity index (χ0n) is 15.2. The molecule has 1 unspecified atom stereocenters. The molecule has 1 aliphatic heterocycles. The van der Waals surface area contributed by atoms with Gasteiger partial charge in [-0.05, 0) is 18.1 Å². The summed E-state index contributed by atoms with van der Waals surface area (Å²) in [4.78, 5) is 26.3. The number of rotatable bonds is 6. The zero-order chi connectivity index (χ0) is 18.7. The summed E-state index contributed by atoms with van der Waals surface area (Å²) in [5, 5.41) is 10.9. The summed E-state index contributed by atoms with van der Waals surface area (Å²) in [6.45, 7) is 4.54. The number of benzene rings is 1. The second kappa shape index (κ2) is 7.55. The molecule has 1 aromatic heterocycles. The van der Waals surface area contributed by atoms with Crippen molar-refractivity contribution in [1.82, 2.24) is 20.3 Å². The Morgan fingerprint density at radius 1 is 1.38 bits per heavy atom. The smallest absolute Gasteiger partial charge is 0.242 e. The van der Waals surface area contributed by atoms with E-state index in [9.17, 15) is 9.59 Å². The van der Waals surface area contributed by atoms with Crippen molar-refractivity contribution in [3.63, 3.8) is 0 Å². The van der Waals surface area contributed by atoms with Crippen LogP contribution in [0.2, 0.25) is 0 Å². The average molecular weight is 357 g/mol. The Balaban J connectivity index is 1.61. The lowest BCUT2D eigenvalue weighted by Gasteiger charge is -2.19. The van der Waals surface area contributed by atoms with E-state index < -0.39 is 0 Å². The van der Waals surface area contributed by atoms with Crippen LogP contribution in [-0.2, 0) is 16.1 Å². The second-order valence-corrected chi connectivity index (χ2v) is 6.64. The first kappa shape index (κ1) is 17.9. The largest absolute Gasteiger partial charge is 0.495 e. The Labute approximate surface area is 152 Å².